The van der Waals surface area contributed by atoms with Gasteiger partial charge >= 0.3 is 11.9 Å². The Labute approximate surface area is 412 Å². The Kier molecular flexibility index (Phi) is 19.9. The van der Waals surface area contributed by atoms with Gasteiger partial charge in [0.05, 0.1) is 28.1 Å². The standard InChI is InChI=1S/C17H19FN2O4.C12H20N2O3S.C9H20N2.C8H18O.C5H13N/c1-8-7-24-15-12(19-17(2,3)4)11(18)5-9-13(15)20(8)6-10(14(9)21)16(22)23;1-11(2,3)13-6-8(15)14-7(10(16)17)12(4,5)18-9(6)14;1-9(2,3)11-7-5-10(4)6-8-11;1-7(2,3)9-8(4,5)6;1-5(2,3)6-4/h5-6,8,19H,7H2,1-4H3,(H,22,23);6-7,9,13H,1-5H3,(H,16,17);5-8H2,1-4H3;1-6H3;6H,1-4H3. The SMILES string of the molecule is CC(C)(C)NC1C(=O)N2C1SC(C)(C)C2C(=O)O.CC(C)(C)OC(C)(C)C.CC1COc2c(NC(C)(C)C)c(F)cc3c(=O)c(C(=O)O)cn1c23.CN1CCN(C(C)(C)C)CC1.CNC(C)(C)C. The van der Waals surface area contributed by atoms with Gasteiger partial charge < -0.3 is 44.7 Å². The maximum Gasteiger partial charge on any atom is 0.341 e. The molecule has 1 aromatic heterocycles. The zero-order chi connectivity index (χ0) is 53.1. The van der Waals surface area contributed by atoms with Gasteiger partial charge in [-0.05, 0) is 166 Å². The molecule has 3 saturated heterocycles. The molecule has 2 aromatic rings. The van der Waals surface area contributed by atoms with Gasteiger partial charge in [0.2, 0.25) is 11.3 Å². The Hall–Kier alpha value is -3.48. The van der Waals surface area contributed by atoms with E-state index in [2.05, 4.69) is 116 Å². The molecular weight excluding hydrogens is 890 g/mol. The highest BCUT2D eigenvalue weighted by molar-refractivity contribution is 8.01. The molecule has 4 atom stereocenters. The number of piperazine rings is 1. The maximum atomic E-state index is 14.6. The molecule has 0 spiro atoms. The van der Waals surface area contributed by atoms with Gasteiger partial charge in [0, 0.05) is 59.3 Å². The number of pyridine rings is 1. The largest absolute Gasteiger partial charge is 0.487 e. The van der Waals surface area contributed by atoms with Crippen molar-refractivity contribution in [2.75, 3.05) is 52.2 Å². The van der Waals surface area contributed by atoms with Crippen molar-refractivity contribution in [1.29, 1.82) is 0 Å². The van der Waals surface area contributed by atoms with Crippen LogP contribution in [0.3, 0.4) is 0 Å². The van der Waals surface area contributed by atoms with E-state index in [0.717, 1.165) is 6.07 Å². The zero-order valence-corrected chi connectivity index (χ0v) is 46.7. The summed E-state index contributed by atoms with van der Waals surface area (Å²) in [5.74, 6) is -2.75. The van der Waals surface area contributed by atoms with Gasteiger partial charge in [-0.15, -0.1) is 11.8 Å². The van der Waals surface area contributed by atoms with Crippen LogP contribution >= 0.6 is 11.8 Å². The van der Waals surface area contributed by atoms with Crippen molar-refractivity contribution < 1.29 is 38.5 Å². The van der Waals surface area contributed by atoms with E-state index in [1.165, 1.54) is 37.3 Å². The molecular formula is C51H90FN7O8S. The molecule has 3 fully saturated rings. The number of likely N-dealkylation sites (N-methyl/N-ethyl adjacent to an activating group) is 1. The molecule has 68 heavy (non-hydrogen) atoms. The van der Waals surface area contributed by atoms with Crippen LogP contribution in [0.5, 0.6) is 5.75 Å². The number of ether oxygens (including phenoxy) is 2. The number of hydrogen-bond acceptors (Lipinski definition) is 12. The Morgan fingerprint density at radius 2 is 1.34 bits per heavy atom. The van der Waals surface area contributed by atoms with Crippen LogP contribution in [-0.4, -0.2) is 150 Å². The van der Waals surface area contributed by atoms with Crippen LogP contribution in [0.15, 0.2) is 17.1 Å². The van der Waals surface area contributed by atoms with Gasteiger partial charge in [0.25, 0.3) is 0 Å². The molecule has 5 heterocycles. The van der Waals surface area contributed by atoms with Gasteiger partial charge in [-0.1, -0.05) is 0 Å². The van der Waals surface area contributed by atoms with Gasteiger partial charge in [-0.25, -0.2) is 14.0 Å². The molecule has 6 rings (SSSR count). The summed E-state index contributed by atoms with van der Waals surface area (Å²) in [7, 11) is 4.15. The van der Waals surface area contributed by atoms with E-state index < -0.39 is 39.5 Å². The monoisotopic (exact) mass is 980 g/mol. The van der Waals surface area contributed by atoms with Crippen LogP contribution in [0.25, 0.3) is 10.9 Å². The topological polar surface area (TPSA) is 178 Å². The second-order valence-corrected chi connectivity index (χ2v) is 26.6. The minimum Gasteiger partial charge on any atom is -0.487 e. The molecule has 1 amide bonds. The molecule has 17 heteroatoms. The van der Waals surface area contributed by atoms with E-state index in [9.17, 15) is 33.8 Å². The van der Waals surface area contributed by atoms with Crippen molar-refractivity contribution in [2.24, 2.45) is 0 Å². The normalized spacial score (nSPS) is 21.8. The Morgan fingerprint density at radius 1 is 0.838 bits per heavy atom. The predicted octanol–water partition coefficient (Wildman–Crippen LogP) is 8.53. The first-order valence-electron chi connectivity index (χ1n) is 23.8. The van der Waals surface area contributed by atoms with Crippen molar-refractivity contribution in [3.63, 3.8) is 0 Å². The molecule has 5 N–H and O–H groups in total. The average molecular weight is 980 g/mol. The highest BCUT2D eigenvalue weighted by Gasteiger charge is 2.64. The first-order chi connectivity index (χ1) is 30.4. The van der Waals surface area contributed by atoms with Crippen molar-refractivity contribution in [3.8, 4) is 5.75 Å². The number of carbonyl (C=O) groups excluding carboxylic acids is 1. The lowest BCUT2D eigenvalue weighted by molar-refractivity contribution is -0.160. The number of rotatable bonds is 4. The molecule has 1 aromatic carbocycles. The number of thioether (sulfide) groups is 1. The number of β-lactam (4-membered cyclic amide) rings is 1. The first kappa shape index (κ1) is 60.6. The summed E-state index contributed by atoms with van der Waals surface area (Å²) in [6, 6.07) is -0.0807. The third kappa shape index (κ3) is 17.7. The summed E-state index contributed by atoms with van der Waals surface area (Å²) in [4.78, 5) is 53.6. The van der Waals surface area contributed by atoms with Crippen molar-refractivity contribution in [2.45, 2.75) is 207 Å². The minimum absolute atomic E-state index is 0.00779. The highest BCUT2D eigenvalue weighted by atomic mass is 32.2. The van der Waals surface area contributed by atoms with E-state index in [1.807, 2.05) is 69.4 Å². The number of anilines is 1. The highest BCUT2D eigenvalue weighted by Crippen LogP contribution is 2.51. The molecule has 0 radical (unpaired) electrons. The number of fused-ring (bicyclic) bond motifs is 1. The van der Waals surface area contributed by atoms with Gasteiger partial charge in [0.1, 0.15) is 35.3 Å². The van der Waals surface area contributed by atoms with Crippen LogP contribution in [0, 0.1) is 5.82 Å². The number of nitrogens with zero attached hydrogens (tertiary/aromatic N) is 4. The third-order valence-corrected chi connectivity index (χ3v) is 12.5. The predicted molar refractivity (Wildman–Crippen MR) is 277 cm³/mol. The molecule has 4 aliphatic heterocycles. The summed E-state index contributed by atoms with van der Waals surface area (Å²) in [6.07, 6.45) is 1.31. The first-order valence-corrected chi connectivity index (χ1v) is 24.7. The fourth-order valence-corrected chi connectivity index (χ4v) is 9.50. The molecule has 390 valence electrons. The van der Waals surface area contributed by atoms with E-state index in [-0.39, 0.29) is 69.1 Å². The lowest BCUT2D eigenvalue weighted by Gasteiger charge is -2.46. The molecule has 4 unspecified atom stereocenters. The van der Waals surface area contributed by atoms with Gasteiger partial charge in [-0.3, -0.25) is 19.8 Å². The number of amides is 1. The molecule has 0 bridgehead atoms. The minimum atomic E-state index is -1.33. The van der Waals surface area contributed by atoms with Crippen molar-refractivity contribution in [3.05, 3.63) is 33.9 Å². The number of aromatic nitrogens is 1. The second kappa shape index (κ2) is 22.3. The summed E-state index contributed by atoms with van der Waals surface area (Å²) in [5.41, 5.74) is -0.443. The van der Waals surface area contributed by atoms with Gasteiger partial charge in [0.15, 0.2) is 11.6 Å². The second-order valence-electron chi connectivity index (χ2n) is 24.8. The van der Waals surface area contributed by atoms with E-state index in [4.69, 9.17) is 9.47 Å². The third-order valence-electron chi connectivity index (χ3n) is 11.0. The number of carboxylic acid groups (broad SMARTS) is 2. The Balaban J connectivity index is 0.000000317. The van der Waals surface area contributed by atoms with Crippen molar-refractivity contribution in [1.82, 2.24) is 29.9 Å². The smallest absolute Gasteiger partial charge is 0.341 e. The number of carbonyl (C=O) groups is 3. The van der Waals surface area contributed by atoms with Crippen LogP contribution in [0.4, 0.5) is 10.1 Å². The maximum absolute atomic E-state index is 14.6. The summed E-state index contributed by atoms with van der Waals surface area (Å²) >= 11 is 1.57. The number of benzene rings is 1. The number of nitrogens with one attached hydrogen (secondary N) is 3. The summed E-state index contributed by atoms with van der Waals surface area (Å²) in [6.45, 7) is 48.1. The van der Waals surface area contributed by atoms with Gasteiger partial charge in [-0.2, -0.15) is 0 Å². The van der Waals surface area contributed by atoms with E-state index in [0.29, 0.717) is 16.6 Å². The van der Waals surface area contributed by atoms with Crippen LogP contribution in [0.2, 0.25) is 0 Å². The summed E-state index contributed by atoms with van der Waals surface area (Å²) in [5, 5.41) is 27.9. The number of carboxylic acids is 2. The fourth-order valence-electron chi connectivity index (χ4n) is 7.88. The summed E-state index contributed by atoms with van der Waals surface area (Å²) < 4.78 is 27.2. The van der Waals surface area contributed by atoms with E-state index in [1.54, 1.807) is 16.3 Å². The molecule has 0 saturated carbocycles. The lowest BCUT2D eigenvalue weighted by Crippen LogP contribution is -2.72. The van der Waals surface area contributed by atoms with E-state index >= 15 is 0 Å². The van der Waals surface area contributed by atoms with Crippen LogP contribution in [0.1, 0.15) is 162 Å². The molecule has 4 aliphatic rings. The Morgan fingerprint density at radius 3 is 1.72 bits per heavy atom. The quantitative estimate of drug-likeness (QED) is 0.184. The zero-order valence-electron chi connectivity index (χ0n) is 45.9. The number of hydrogen-bond donors (Lipinski definition) is 5. The average Bonchev–Trinajstić information content (AvgIpc) is 3.40. The Bertz CT molecular complexity index is 2100. The number of aromatic carboxylic acids is 1. The lowest BCUT2D eigenvalue weighted by atomic mass is 9.94. The van der Waals surface area contributed by atoms with Crippen LogP contribution < -0.4 is 26.1 Å². The van der Waals surface area contributed by atoms with Crippen molar-refractivity contribution >= 4 is 46.2 Å². The van der Waals surface area contributed by atoms with Crippen LogP contribution in [-0.2, 0) is 14.3 Å². The number of halogens is 1. The number of aliphatic carboxylic acids is 1. The molecule has 0 aliphatic carbocycles. The molecule has 15 nitrogen and oxygen atoms in total. The fraction of sp³-hybridized carbons (Fsp3) is 0.765.